The third-order valence-corrected chi connectivity index (χ3v) is 9.72. The van der Waals surface area contributed by atoms with E-state index in [1.54, 1.807) is 36.3 Å². The number of halogens is 1. The Kier molecular flexibility index (Phi) is 12.3. The van der Waals surface area contributed by atoms with Crippen molar-refractivity contribution >= 4 is 43.5 Å². The van der Waals surface area contributed by atoms with Gasteiger partial charge >= 0.3 is 0 Å². The Morgan fingerprint density at radius 3 is 2.20 bits per heavy atom. The first-order valence-corrected chi connectivity index (χ1v) is 17.8. The second kappa shape index (κ2) is 16.1. The summed E-state index contributed by atoms with van der Waals surface area (Å²) in [6.45, 7) is 0.386. The summed E-state index contributed by atoms with van der Waals surface area (Å²) in [7, 11) is -2.05. The maximum atomic E-state index is 14.0. The van der Waals surface area contributed by atoms with Crippen LogP contribution in [0.2, 0.25) is 0 Å². The summed E-state index contributed by atoms with van der Waals surface area (Å²) < 4.78 is 32.8. The molecule has 1 saturated carbocycles. The van der Waals surface area contributed by atoms with Crippen molar-refractivity contribution in [1.29, 1.82) is 0 Å². The first-order chi connectivity index (χ1) is 21.1. The van der Waals surface area contributed by atoms with Gasteiger partial charge in [-0.1, -0.05) is 77.7 Å². The number of benzene rings is 3. The molecule has 1 aliphatic rings. The van der Waals surface area contributed by atoms with Crippen molar-refractivity contribution in [2.75, 3.05) is 24.2 Å². The average Bonchev–Trinajstić information content (AvgIpc) is 3.02. The number of amides is 2. The SMILES string of the molecule is COc1ccc(N(CCCC(=O)N(Cc2ccc(Br)cc2)C(Cc2ccccc2)C(=O)NC2CCCCC2)S(C)(=O)=O)cc1. The van der Waals surface area contributed by atoms with Gasteiger partial charge < -0.3 is 15.0 Å². The monoisotopic (exact) mass is 683 g/mol. The number of hydrogen-bond donors (Lipinski definition) is 1. The molecule has 1 N–H and O–H groups in total. The van der Waals surface area contributed by atoms with Crippen molar-refractivity contribution in [3.8, 4) is 5.75 Å². The van der Waals surface area contributed by atoms with Crippen LogP contribution in [-0.2, 0) is 32.6 Å². The molecule has 1 atom stereocenters. The van der Waals surface area contributed by atoms with E-state index >= 15 is 0 Å². The number of methoxy groups -OCH3 is 1. The molecule has 2 amide bonds. The van der Waals surface area contributed by atoms with Gasteiger partial charge in [-0.2, -0.15) is 0 Å². The largest absolute Gasteiger partial charge is 0.497 e. The molecular weight excluding hydrogens is 642 g/mol. The van der Waals surface area contributed by atoms with E-state index in [9.17, 15) is 18.0 Å². The summed E-state index contributed by atoms with van der Waals surface area (Å²) >= 11 is 3.48. The number of carbonyl (C=O) groups excluding carboxylic acids is 2. The van der Waals surface area contributed by atoms with E-state index in [1.807, 2.05) is 54.6 Å². The van der Waals surface area contributed by atoms with Gasteiger partial charge in [-0.15, -0.1) is 0 Å². The molecule has 3 aromatic rings. The van der Waals surface area contributed by atoms with Crippen molar-refractivity contribution in [2.45, 2.75) is 70.0 Å². The summed E-state index contributed by atoms with van der Waals surface area (Å²) in [5.74, 6) is 0.273. The van der Waals surface area contributed by atoms with Gasteiger partial charge in [0.05, 0.1) is 19.1 Å². The fraction of sp³-hybridized carbons (Fsp3) is 0.412. The fourth-order valence-electron chi connectivity index (χ4n) is 5.64. The average molecular weight is 685 g/mol. The molecule has 10 heteroatoms. The zero-order chi connectivity index (χ0) is 31.5. The molecule has 1 unspecified atom stereocenters. The summed E-state index contributed by atoms with van der Waals surface area (Å²) in [6, 6.07) is 23.7. The molecule has 236 valence electrons. The summed E-state index contributed by atoms with van der Waals surface area (Å²) in [5.41, 5.74) is 2.37. The number of rotatable bonds is 14. The van der Waals surface area contributed by atoms with Crippen LogP contribution in [0.15, 0.2) is 83.3 Å². The van der Waals surface area contributed by atoms with Gasteiger partial charge in [0.25, 0.3) is 0 Å². The minimum absolute atomic E-state index is 0.0840. The Labute approximate surface area is 270 Å². The Morgan fingerprint density at radius 1 is 0.932 bits per heavy atom. The number of nitrogens with one attached hydrogen (secondary N) is 1. The predicted octanol–water partition coefficient (Wildman–Crippen LogP) is 6.09. The number of hydrogen-bond acceptors (Lipinski definition) is 5. The highest BCUT2D eigenvalue weighted by atomic mass is 79.9. The lowest BCUT2D eigenvalue weighted by Gasteiger charge is -2.34. The molecule has 1 fully saturated rings. The predicted molar refractivity (Wildman–Crippen MR) is 178 cm³/mol. The molecule has 44 heavy (non-hydrogen) atoms. The van der Waals surface area contributed by atoms with Gasteiger partial charge in [-0.25, -0.2) is 8.42 Å². The van der Waals surface area contributed by atoms with Crippen molar-refractivity contribution in [3.63, 3.8) is 0 Å². The molecule has 0 bridgehead atoms. The van der Waals surface area contributed by atoms with Crippen LogP contribution in [-0.4, -0.2) is 57.1 Å². The van der Waals surface area contributed by atoms with Crippen molar-refractivity contribution in [2.24, 2.45) is 0 Å². The van der Waals surface area contributed by atoms with E-state index in [1.165, 1.54) is 10.7 Å². The van der Waals surface area contributed by atoms with E-state index < -0.39 is 16.1 Å². The summed E-state index contributed by atoms with van der Waals surface area (Å²) in [4.78, 5) is 29.7. The Morgan fingerprint density at radius 2 is 1.59 bits per heavy atom. The Hall–Kier alpha value is -3.37. The molecule has 0 spiro atoms. The molecule has 0 radical (unpaired) electrons. The second-order valence-corrected chi connectivity index (χ2v) is 14.2. The van der Waals surface area contributed by atoms with Crippen LogP contribution in [0.25, 0.3) is 0 Å². The molecule has 1 aliphatic carbocycles. The molecule has 3 aromatic carbocycles. The maximum absolute atomic E-state index is 14.0. The molecule has 0 saturated heterocycles. The second-order valence-electron chi connectivity index (χ2n) is 11.3. The van der Waals surface area contributed by atoms with Crippen LogP contribution in [0.4, 0.5) is 5.69 Å². The zero-order valence-corrected chi connectivity index (χ0v) is 27.9. The normalized spacial score (nSPS) is 14.4. The smallest absolute Gasteiger partial charge is 0.243 e. The third kappa shape index (κ3) is 9.82. The summed E-state index contributed by atoms with van der Waals surface area (Å²) in [6.07, 6.45) is 7.14. The van der Waals surface area contributed by atoms with Crippen molar-refractivity contribution < 1.29 is 22.7 Å². The lowest BCUT2D eigenvalue weighted by Crippen LogP contribution is -2.52. The maximum Gasteiger partial charge on any atom is 0.243 e. The third-order valence-electron chi connectivity index (χ3n) is 8.00. The molecule has 4 rings (SSSR count). The van der Waals surface area contributed by atoms with Crippen molar-refractivity contribution in [3.05, 3.63) is 94.5 Å². The van der Waals surface area contributed by atoms with E-state index in [0.717, 1.165) is 47.5 Å². The van der Waals surface area contributed by atoms with E-state index in [0.29, 0.717) is 17.9 Å². The quantitative estimate of drug-likeness (QED) is 0.222. The molecule has 8 nitrogen and oxygen atoms in total. The van der Waals surface area contributed by atoms with Crippen LogP contribution in [0.5, 0.6) is 5.75 Å². The minimum atomic E-state index is -3.60. The van der Waals surface area contributed by atoms with Gasteiger partial charge in [-0.05, 0) is 66.8 Å². The van der Waals surface area contributed by atoms with E-state index in [2.05, 4.69) is 21.2 Å². The van der Waals surface area contributed by atoms with Gasteiger partial charge in [0.1, 0.15) is 11.8 Å². The number of nitrogens with zero attached hydrogens (tertiary/aromatic N) is 2. The van der Waals surface area contributed by atoms with Crippen molar-refractivity contribution in [1.82, 2.24) is 10.2 Å². The lowest BCUT2D eigenvalue weighted by atomic mass is 9.94. The van der Waals surface area contributed by atoms with Crippen LogP contribution in [0.1, 0.15) is 56.1 Å². The van der Waals surface area contributed by atoms with Crippen LogP contribution in [0.3, 0.4) is 0 Å². The standard InChI is InChI=1S/C34H42BrN3O5S/c1-43-31-21-19-30(20-22-31)38(44(2,41)42)23-9-14-33(39)37(25-27-15-17-28(35)18-16-27)32(24-26-10-5-3-6-11-26)34(40)36-29-12-7-4-8-13-29/h3,5-6,10-11,15-22,29,32H,4,7-9,12-14,23-25H2,1-2H3,(H,36,40). The molecular formula is C34H42BrN3O5S. The first-order valence-electron chi connectivity index (χ1n) is 15.1. The Balaban J connectivity index is 1.57. The lowest BCUT2D eigenvalue weighted by molar-refractivity contribution is -0.141. The molecule has 0 aliphatic heterocycles. The molecule has 0 aromatic heterocycles. The highest BCUT2D eigenvalue weighted by Gasteiger charge is 2.32. The van der Waals surface area contributed by atoms with Gasteiger partial charge in [-0.3, -0.25) is 13.9 Å². The minimum Gasteiger partial charge on any atom is -0.497 e. The van der Waals surface area contributed by atoms with Crippen LogP contribution in [0, 0.1) is 0 Å². The van der Waals surface area contributed by atoms with E-state index in [-0.39, 0.29) is 43.8 Å². The first kappa shape index (κ1) is 33.5. The van der Waals surface area contributed by atoms with Gasteiger partial charge in [0.2, 0.25) is 21.8 Å². The zero-order valence-electron chi connectivity index (χ0n) is 25.5. The number of anilines is 1. The number of sulfonamides is 1. The Bertz CT molecular complexity index is 1460. The number of ether oxygens (including phenoxy) is 1. The topological polar surface area (TPSA) is 96.0 Å². The number of carbonyl (C=O) groups is 2. The fourth-order valence-corrected chi connectivity index (χ4v) is 6.87. The van der Waals surface area contributed by atoms with Gasteiger partial charge in [0, 0.05) is 36.4 Å². The highest BCUT2D eigenvalue weighted by molar-refractivity contribution is 9.10. The summed E-state index contributed by atoms with van der Waals surface area (Å²) in [5, 5.41) is 3.26. The van der Waals surface area contributed by atoms with Crippen LogP contribution >= 0.6 is 15.9 Å². The van der Waals surface area contributed by atoms with Crippen LogP contribution < -0.4 is 14.4 Å². The highest BCUT2D eigenvalue weighted by Crippen LogP contribution is 2.24. The van der Waals surface area contributed by atoms with E-state index in [4.69, 9.17) is 4.74 Å². The van der Waals surface area contributed by atoms with Gasteiger partial charge in [0.15, 0.2) is 0 Å². The molecule has 0 heterocycles.